The Kier molecular flexibility index (Phi) is 3.38. The third-order valence-electron chi connectivity index (χ3n) is 2.30. The number of anilines is 3. The summed E-state index contributed by atoms with van der Waals surface area (Å²) in [5.74, 6) is -0.671. The van der Waals surface area contributed by atoms with Crippen molar-refractivity contribution in [3.05, 3.63) is 35.2 Å². The number of nitrogen functional groups attached to an aromatic ring is 1. The number of nitrogens with two attached hydrogens (primary N) is 1. The molecule has 0 aliphatic carbocycles. The summed E-state index contributed by atoms with van der Waals surface area (Å²) in [5, 5.41) is 13.3. The monoisotopic (exact) mass is 264 g/mol. The molecule has 0 atom stereocenters. The van der Waals surface area contributed by atoms with Crippen LogP contribution in [0.2, 0.25) is 0 Å². The van der Waals surface area contributed by atoms with Gasteiger partial charge in [0.1, 0.15) is 5.75 Å². The maximum Gasteiger partial charge on any atom is 0.351 e. The highest BCUT2D eigenvalue weighted by atomic mass is 32.1. The zero-order valence-electron chi connectivity index (χ0n) is 9.64. The van der Waals surface area contributed by atoms with Gasteiger partial charge in [-0.2, -0.15) is 0 Å². The van der Waals surface area contributed by atoms with Crippen LogP contribution < -0.4 is 11.1 Å². The van der Waals surface area contributed by atoms with E-state index in [2.05, 4.69) is 10.1 Å². The summed E-state index contributed by atoms with van der Waals surface area (Å²) in [6.45, 7) is 0. The average molecular weight is 264 g/mol. The number of carbonyl (C=O) groups excluding carboxylic acids is 1. The van der Waals surface area contributed by atoms with Gasteiger partial charge in [0.05, 0.1) is 23.5 Å². The third kappa shape index (κ3) is 2.38. The van der Waals surface area contributed by atoms with Gasteiger partial charge in [-0.25, -0.2) is 4.79 Å². The Labute approximate surface area is 108 Å². The van der Waals surface area contributed by atoms with Crippen molar-refractivity contribution < 1.29 is 14.6 Å². The first-order valence-electron chi connectivity index (χ1n) is 5.14. The molecule has 4 N–H and O–H groups in total. The van der Waals surface area contributed by atoms with Crippen molar-refractivity contribution >= 4 is 33.7 Å². The molecule has 0 aliphatic heterocycles. The van der Waals surface area contributed by atoms with E-state index in [-0.39, 0.29) is 10.6 Å². The van der Waals surface area contributed by atoms with Gasteiger partial charge in [0.2, 0.25) is 0 Å². The smallest absolute Gasteiger partial charge is 0.351 e. The largest absolute Gasteiger partial charge is 0.506 e. The van der Waals surface area contributed by atoms with Gasteiger partial charge in [-0.1, -0.05) is 12.1 Å². The number of aromatic hydroxyl groups is 1. The second kappa shape index (κ2) is 4.97. The Morgan fingerprint density at radius 3 is 2.83 bits per heavy atom. The fourth-order valence-corrected chi connectivity index (χ4v) is 2.31. The van der Waals surface area contributed by atoms with E-state index in [1.807, 2.05) is 18.2 Å². The van der Waals surface area contributed by atoms with Gasteiger partial charge in [-0.3, -0.25) is 0 Å². The number of para-hydroxylation sites is 2. The van der Waals surface area contributed by atoms with Crippen LogP contribution in [0.3, 0.4) is 0 Å². The second-order valence-electron chi connectivity index (χ2n) is 3.53. The van der Waals surface area contributed by atoms with Crippen molar-refractivity contribution in [1.82, 2.24) is 0 Å². The number of nitrogens with one attached hydrogen (secondary N) is 1. The molecule has 0 amide bonds. The Bertz CT molecular complexity index is 580. The summed E-state index contributed by atoms with van der Waals surface area (Å²) in [5.41, 5.74) is 7.09. The second-order valence-corrected chi connectivity index (χ2v) is 4.58. The minimum atomic E-state index is -0.563. The predicted octanol–water partition coefficient (Wildman–Crippen LogP) is 2.57. The molecule has 0 saturated heterocycles. The van der Waals surface area contributed by atoms with Crippen molar-refractivity contribution in [2.45, 2.75) is 0 Å². The number of esters is 1. The molecule has 0 spiro atoms. The van der Waals surface area contributed by atoms with E-state index in [0.29, 0.717) is 10.7 Å². The molecular weight excluding hydrogens is 252 g/mol. The fourth-order valence-electron chi connectivity index (χ4n) is 1.43. The summed E-state index contributed by atoms with van der Waals surface area (Å²) in [6.07, 6.45) is 0. The van der Waals surface area contributed by atoms with Crippen LogP contribution in [0.4, 0.5) is 16.4 Å². The summed E-state index contributed by atoms with van der Waals surface area (Å²) < 4.78 is 4.56. The van der Waals surface area contributed by atoms with Crippen LogP contribution in [-0.2, 0) is 4.74 Å². The van der Waals surface area contributed by atoms with Crippen molar-refractivity contribution in [3.63, 3.8) is 0 Å². The Hall–Kier alpha value is -2.21. The zero-order chi connectivity index (χ0) is 13.1. The number of benzene rings is 1. The molecule has 0 aliphatic rings. The number of carbonyl (C=O) groups is 1. The van der Waals surface area contributed by atoms with E-state index in [0.717, 1.165) is 17.0 Å². The molecule has 0 fully saturated rings. The minimum absolute atomic E-state index is 0.108. The van der Waals surface area contributed by atoms with Crippen LogP contribution >= 0.6 is 11.3 Å². The summed E-state index contributed by atoms with van der Waals surface area (Å²) in [4.78, 5) is 11.5. The molecule has 6 heteroatoms. The molecule has 0 bridgehead atoms. The molecule has 1 aromatic heterocycles. The van der Waals surface area contributed by atoms with Gasteiger partial charge in [-0.15, -0.1) is 11.3 Å². The van der Waals surface area contributed by atoms with Crippen LogP contribution in [0.25, 0.3) is 0 Å². The first kappa shape index (κ1) is 12.3. The molecule has 1 heterocycles. The highest BCUT2D eigenvalue weighted by molar-refractivity contribution is 7.18. The number of hydrogen-bond donors (Lipinski definition) is 3. The van der Waals surface area contributed by atoms with Gasteiger partial charge >= 0.3 is 5.97 Å². The zero-order valence-corrected chi connectivity index (χ0v) is 10.5. The molecule has 2 rings (SSSR count). The Morgan fingerprint density at radius 2 is 2.17 bits per heavy atom. The lowest BCUT2D eigenvalue weighted by Gasteiger charge is -2.05. The first-order chi connectivity index (χ1) is 8.61. The highest BCUT2D eigenvalue weighted by Crippen LogP contribution is 2.35. The van der Waals surface area contributed by atoms with E-state index in [4.69, 9.17) is 5.73 Å². The lowest BCUT2D eigenvalue weighted by molar-refractivity contribution is 0.0603. The molecule has 1 aromatic carbocycles. The van der Waals surface area contributed by atoms with Crippen molar-refractivity contribution in [1.29, 1.82) is 0 Å². The quantitative estimate of drug-likeness (QED) is 0.586. The van der Waals surface area contributed by atoms with Crippen LogP contribution in [0, 0.1) is 0 Å². The van der Waals surface area contributed by atoms with E-state index in [1.165, 1.54) is 13.2 Å². The van der Waals surface area contributed by atoms with Gasteiger partial charge in [0.15, 0.2) is 4.88 Å². The van der Waals surface area contributed by atoms with Crippen molar-refractivity contribution in [2.24, 2.45) is 0 Å². The molecule has 0 saturated carbocycles. The van der Waals surface area contributed by atoms with Gasteiger partial charge < -0.3 is 20.9 Å². The lowest BCUT2D eigenvalue weighted by atomic mass is 10.3. The maximum absolute atomic E-state index is 11.3. The number of methoxy groups -OCH3 is 1. The van der Waals surface area contributed by atoms with Gasteiger partial charge in [0.25, 0.3) is 0 Å². The van der Waals surface area contributed by atoms with Crippen LogP contribution in [0.5, 0.6) is 5.75 Å². The number of hydrogen-bond acceptors (Lipinski definition) is 6. The summed E-state index contributed by atoms with van der Waals surface area (Å²) >= 11 is 1.10. The third-order valence-corrected chi connectivity index (χ3v) is 3.32. The van der Waals surface area contributed by atoms with Gasteiger partial charge in [0, 0.05) is 6.07 Å². The average Bonchev–Trinajstić information content (AvgIpc) is 2.72. The minimum Gasteiger partial charge on any atom is -0.506 e. The molecule has 5 nitrogen and oxygen atoms in total. The van der Waals surface area contributed by atoms with Gasteiger partial charge in [-0.05, 0) is 12.1 Å². The fraction of sp³-hybridized carbons (Fsp3) is 0.0833. The predicted molar refractivity (Wildman–Crippen MR) is 71.5 cm³/mol. The van der Waals surface area contributed by atoms with Crippen molar-refractivity contribution in [3.8, 4) is 5.75 Å². The van der Waals surface area contributed by atoms with Crippen molar-refractivity contribution in [2.75, 3.05) is 18.2 Å². The summed E-state index contributed by atoms with van der Waals surface area (Å²) in [6, 6.07) is 8.70. The maximum atomic E-state index is 11.3. The number of ether oxygens (including phenoxy) is 1. The molecule has 0 radical (unpaired) electrons. The van der Waals surface area contributed by atoms with Crippen LogP contribution in [0.1, 0.15) is 9.67 Å². The van der Waals surface area contributed by atoms with Crippen LogP contribution in [-0.4, -0.2) is 18.2 Å². The number of rotatable bonds is 3. The lowest BCUT2D eigenvalue weighted by Crippen LogP contribution is -1.97. The Balaban J connectivity index is 2.26. The van der Waals surface area contributed by atoms with E-state index in [9.17, 15) is 9.90 Å². The molecule has 18 heavy (non-hydrogen) atoms. The molecular formula is C12H12N2O3S. The van der Waals surface area contributed by atoms with E-state index in [1.54, 1.807) is 6.07 Å². The van der Waals surface area contributed by atoms with E-state index >= 15 is 0 Å². The van der Waals surface area contributed by atoms with E-state index < -0.39 is 5.97 Å². The topological polar surface area (TPSA) is 84.6 Å². The Morgan fingerprint density at radius 1 is 1.44 bits per heavy atom. The summed E-state index contributed by atoms with van der Waals surface area (Å²) in [7, 11) is 1.27. The highest BCUT2D eigenvalue weighted by Gasteiger charge is 2.16. The first-order valence-corrected chi connectivity index (χ1v) is 5.96. The number of thiophene rings is 1. The SMILES string of the molecule is COC(=O)c1sc(Nc2ccccc2N)cc1O. The molecule has 0 unspecified atom stereocenters. The van der Waals surface area contributed by atoms with Crippen LogP contribution in [0.15, 0.2) is 30.3 Å². The standard InChI is InChI=1S/C12H12N2O3S/c1-17-12(16)11-9(15)6-10(18-11)14-8-5-3-2-4-7(8)13/h2-6,14-15H,13H2,1H3. The molecule has 94 valence electrons. The molecule has 2 aromatic rings. The normalized spacial score (nSPS) is 10.1.